The number of rotatable bonds is 6. The molecule has 0 saturated heterocycles. The topological polar surface area (TPSA) is 105 Å². The zero-order valence-corrected chi connectivity index (χ0v) is 14.6. The van der Waals surface area contributed by atoms with E-state index in [2.05, 4.69) is 10.3 Å². The Hall–Kier alpha value is -3.51. The number of carbonyl (C=O) groups is 2. The summed E-state index contributed by atoms with van der Waals surface area (Å²) in [5, 5.41) is 11.8. The highest BCUT2D eigenvalue weighted by Crippen LogP contribution is 2.22. The highest BCUT2D eigenvalue weighted by Gasteiger charge is 2.13. The SMILES string of the molecule is NCc1cccc(-c2ccnc(C(=O)Nc3ccccc3CC(=O)O)c2)c1. The maximum Gasteiger partial charge on any atom is 0.307 e. The second-order valence-electron chi connectivity index (χ2n) is 6.02. The van der Waals surface area contributed by atoms with Crippen molar-refractivity contribution in [2.24, 2.45) is 5.73 Å². The van der Waals surface area contributed by atoms with Crippen LogP contribution in [0.4, 0.5) is 5.69 Å². The predicted octanol–water partition coefficient (Wildman–Crippen LogP) is 3.09. The van der Waals surface area contributed by atoms with E-state index < -0.39 is 11.9 Å². The number of nitrogens with two attached hydrogens (primary N) is 1. The molecule has 0 aliphatic carbocycles. The standard InChI is InChI=1S/C21H19N3O3/c22-13-14-4-3-6-15(10-14)16-8-9-23-19(11-16)21(27)24-18-7-2-1-5-17(18)12-20(25)26/h1-11H,12-13,22H2,(H,24,27)(H,25,26). The van der Waals surface area contributed by atoms with Crippen molar-refractivity contribution in [3.05, 3.63) is 83.7 Å². The molecular weight excluding hydrogens is 342 g/mol. The van der Waals surface area contributed by atoms with Crippen LogP contribution in [-0.4, -0.2) is 22.0 Å². The monoisotopic (exact) mass is 361 g/mol. The van der Waals surface area contributed by atoms with Crippen molar-refractivity contribution in [1.29, 1.82) is 0 Å². The fraction of sp³-hybridized carbons (Fsp3) is 0.0952. The maximum atomic E-state index is 12.6. The van der Waals surface area contributed by atoms with Gasteiger partial charge in [0.05, 0.1) is 6.42 Å². The zero-order valence-electron chi connectivity index (χ0n) is 14.6. The number of aliphatic carboxylic acids is 1. The lowest BCUT2D eigenvalue weighted by atomic mass is 10.0. The van der Waals surface area contributed by atoms with Crippen LogP contribution in [0.2, 0.25) is 0 Å². The van der Waals surface area contributed by atoms with Gasteiger partial charge in [-0.3, -0.25) is 14.6 Å². The van der Waals surface area contributed by atoms with Gasteiger partial charge in [0.25, 0.3) is 5.91 Å². The van der Waals surface area contributed by atoms with Gasteiger partial charge in [-0.05, 0) is 46.5 Å². The smallest absolute Gasteiger partial charge is 0.307 e. The molecule has 0 bridgehead atoms. The van der Waals surface area contributed by atoms with E-state index in [1.165, 1.54) is 0 Å². The lowest BCUT2D eigenvalue weighted by Gasteiger charge is -2.10. The number of hydrogen-bond donors (Lipinski definition) is 3. The molecule has 0 aliphatic rings. The summed E-state index contributed by atoms with van der Waals surface area (Å²) < 4.78 is 0. The summed E-state index contributed by atoms with van der Waals surface area (Å²) in [4.78, 5) is 27.8. The number of amides is 1. The van der Waals surface area contributed by atoms with Gasteiger partial charge in [-0.2, -0.15) is 0 Å². The first-order valence-electron chi connectivity index (χ1n) is 8.43. The van der Waals surface area contributed by atoms with Crippen LogP contribution in [0.5, 0.6) is 0 Å². The molecule has 136 valence electrons. The van der Waals surface area contributed by atoms with Crippen molar-refractivity contribution in [2.75, 3.05) is 5.32 Å². The third-order valence-corrected chi connectivity index (χ3v) is 4.10. The minimum Gasteiger partial charge on any atom is -0.481 e. The van der Waals surface area contributed by atoms with Gasteiger partial charge in [0.1, 0.15) is 5.69 Å². The molecular formula is C21H19N3O3. The number of pyridine rings is 1. The van der Waals surface area contributed by atoms with E-state index >= 15 is 0 Å². The van der Waals surface area contributed by atoms with Gasteiger partial charge in [-0.1, -0.05) is 36.4 Å². The zero-order chi connectivity index (χ0) is 19.2. The Morgan fingerprint density at radius 2 is 1.78 bits per heavy atom. The minimum atomic E-state index is -0.961. The Morgan fingerprint density at radius 3 is 2.56 bits per heavy atom. The minimum absolute atomic E-state index is 0.171. The van der Waals surface area contributed by atoms with Gasteiger partial charge in [0.15, 0.2) is 0 Å². The van der Waals surface area contributed by atoms with Crippen LogP contribution in [0.15, 0.2) is 66.9 Å². The van der Waals surface area contributed by atoms with Gasteiger partial charge in [-0.25, -0.2) is 0 Å². The van der Waals surface area contributed by atoms with Crippen LogP contribution >= 0.6 is 0 Å². The third-order valence-electron chi connectivity index (χ3n) is 4.10. The molecule has 0 fully saturated rings. The maximum absolute atomic E-state index is 12.6. The highest BCUT2D eigenvalue weighted by molar-refractivity contribution is 6.04. The molecule has 0 spiro atoms. The van der Waals surface area contributed by atoms with Gasteiger partial charge < -0.3 is 16.2 Å². The molecule has 6 heteroatoms. The largest absolute Gasteiger partial charge is 0.481 e. The molecule has 0 saturated carbocycles. The van der Waals surface area contributed by atoms with E-state index in [9.17, 15) is 9.59 Å². The number of carboxylic acid groups (broad SMARTS) is 1. The number of para-hydroxylation sites is 1. The summed E-state index contributed by atoms with van der Waals surface area (Å²) >= 11 is 0. The van der Waals surface area contributed by atoms with E-state index in [4.69, 9.17) is 10.8 Å². The third kappa shape index (κ3) is 4.56. The normalized spacial score (nSPS) is 10.4. The van der Waals surface area contributed by atoms with Gasteiger partial charge >= 0.3 is 5.97 Å². The molecule has 6 nitrogen and oxygen atoms in total. The van der Waals surface area contributed by atoms with Crippen LogP contribution in [0.25, 0.3) is 11.1 Å². The van der Waals surface area contributed by atoms with Gasteiger partial charge in [0, 0.05) is 18.4 Å². The summed E-state index contributed by atoms with van der Waals surface area (Å²) in [5.74, 6) is -1.36. The van der Waals surface area contributed by atoms with Gasteiger partial charge in [-0.15, -0.1) is 0 Å². The van der Waals surface area contributed by atoms with Crippen molar-refractivity contribution in [2.45, 2.75) is 13.0 Å². The number of nitrogens with one attached hydrogen (secondary N) is 1. The van der Waals surface area contributed by atoms with Crippen LogP contribution in [0.1, 0.15) is 21.6 Å². The number of aromatic nitrogens is 1. The molecule has 0 aliphatic heterocycles. The average molecular weight is 361 g/mol. The van der Waals surface area contributed by atoms with E-state index in [1.807, 2.05) is 30.3 Å². The van der Waals surface area contributed by atoms with Crippen molar-refractivity contribution >= 4 is 17.6 Å². The second-order valence-corrected chi connectivity index (χ2v) is 6.02. The predicted molar refractivity (Wildman–Crippen MR) is 103 cm³/mol. The number of nitrogens with zero attached hydrogens (tertiary/aromatic N) is 1. The summed E-state index contributed by atoms with van der Waals surface area (Å²) in [6.45, 7) is 0.437. The van der Waals surface area contributed by atoms with E-state index in [1.54, 1.807) is 36.5 Å². The van der Waals surface area contributed by atoms with Crippen molar-refractivity contribution < 1.29 is 14.7 Å². The average Bonchev–Trinajstić information content (AvgIpc) is 2.69. The number of benzene rings is 2. The first-order chi connectivity index (χ1) is 13.1. The number of anilines is 1. The van der Waals surface area contributed by atoms with E-state index in [0.29, 0.717) is 17.8 Å². The summed E-state index contributed by atoms with van der Waals surface area (Å²) in [5.41, 5.74) is 9.72. The number of carbonyl (C=O) groups excluding carboxylic acids is 1. The van der Waals surface area contributed by atoms with Crippen LogP contribution < -0.4 is 11.1 Å². The Morgan fingerprint density at radius 1 is 1.00 bits per heavy atom. The molecule has 4 N–H and O–H groups in total. The lowest BCUT2D eigenvalue weighted by molar-refractivity contribution is -0.136. The van der Waals surface area contributed by atoms with Crippen molar-refractivity contribution in [3.63, 3.8) is 0 Å². The van der Waals surface area contributed by atoms with Crippen molar-refractivity contribution in [1.82, 2.24) is 4.98 Å². The highest BCUT2D eigenvalue weighted by atomic mass is 16.4. The van der Waals surface area contributed by atoms with E-state index in [-0.39, 0.29) is 12.1 Å². The van der Waals surface area contributed by atoms with Gasteiger partial charge in [0.2, 0.25) is 0 Å². The fourth-order valence-corrected chi connectivity index (χ4v) is 2.76. The van der Waals surface area contributed by atoms with E-state index in [0.717, 1.165) is 16.7 Å². The molecule has 2 aromatic carbocycles. The number of hydrogen-bond acceptors (Lipinski definition) is 4. The molecule has 1 aromatic heterocycles. The molecule has 3 rings (SSSR count). The van der Waals surface area contributed by atoms with Crippen LogP contribution in [0, 0.1) is 0 Å². The second kappa shape index (κ2) is 8.25. The fourth-order valence-electron chi connectivity index (χ4n) is 2.76. The summed E-state index contributed by atoms with van der Waals surface area (Å²) in [6.07, 6.45) is 1.40. The van der Waals surface area contributed by atoms with Crippen LogP contribution in [-0.2, 0) is 17.8 Å². The molecule has 27 heavy (non-hydrogen) atoms. The molecule has 1 amide bonds. The summed E-state index contributed by atoms with van der Waals surface area (Å²) in [7, 11) is 0. The number of carboxylic acids is 1. The molecule has 0 radical (unpaired) electrons. The lowest BCUT2D eigenvalue weighted by Crippen LogP contribution is -2.15. The molecule has 0 atom stereocenters. The summed E-state index contributed by atoms with van der Waals surface area (Å²) in [6, 6.07) is 18.1. The Bertz CT molecular complexity index is 986. The quantitative estimate of drug-likeness (QED) is 0.626. The van der Waals surface area contributed by atoms with Crippen LogP contribution in [0.3, 0.4) is 0 Å². The Balaban J connectivity index is 1.85. The first-order valence-corrected chi connectivity index (χ1v) is 8.43. The molecule has 3 aromatic rings. The van der Waals surface area contributed by atoms with Crippen molar-refractivity contribution in [3.8, 4) is 11.1 Å². The molecule has 0 unspecified atom stereocenters. The molecule has 1 heterocycles. The first kappa shape index (κ1) is 18.3. The Labute approximate surface area is 156 Å². The Kier molecular flexibility index (Phi) is 5.58.